The van der Waals surface area contributed by atoms with Crippen LogP contribution in [0.25, 0.3) is 0 Å². The lowest BCUT2D eigenvalue weighted by atomic mass is 10.1. The quantitative estimate of drug-likeness (QED) is 0.720. The molecule has 0 unspecified atom stereocenters. The molecule has 0 saturated carbocycles. The first-order valence-corrected chi connectivity index (χ1v) is 7.75. The molecule has 0 fully saturated rings. The Balaban J connectivity index is 2.34. The van der Waals surface area contributed by atoms with Crippen LogP contribution in [0.4, 0.5) is 0 Å². The molecule has 0 aliphatic carbocycles. The van der Waals surface area contributed by atoms with E-state index in [9.17, 15) is 5.11 Å². The van der Waals surface area contributed by atoms with E-state index >= 15 is 0 Å². The van der Waals surface area contributed by atoms with Gasteiger partial charge in [-0.1, -0.05) is 13.8 Å². The molecule has 0 aliphatic rings. The Kier molecular flexibility index (Phi) is 7.54. The summed E-state index contributed by atoms with van der Waals surface area (Å²) in [6.45, 7) is 11.5. The van der Waals surface area contributed by atoms with Crippen molar-refractivity contribution in [3.63, 3.8) is 0 Å². The average molecular weight is 295 g/mol. The van der Waals surface area contributed by atoms with Crippen LogP contribution in [-0.2, 0) is 0 Å². The molecule has 0 heterocycles. The van der Waals surface area contributed by atoms with Crippen molar-refractivity contribution in [1.82, 2.24) is 4.90 Å². The van der Waals surface area contributed by atoms with Gasteiger partial charge in [-0.2, -0.15) is 0 Å². The van der Waals surface area contributed by atoms with Gasteiger partial charge in [-0.15, -0.1) is 0 Å². The Bertz CT molecular complexity index is 384. The molecule has 0 atom stereocenters. The second kappa shape index (κ2) is 8.90. The van der Waals surface area contributed by atoms with E-state index in [1.807, 2.05) is 38.1 Å². The average Bonchev–Trinajstić information content (AvgIpc) is 2.44. The Hall–Kier alpha value is -1.26. The molecule has 0 aromatic heterocycles. The van der Waals surface area contributed by atoms with Gasteiger partial charge < -0.3 is 14.6 Å². The topological polar surface area (TPSA) is 41.9 Å². The minimum Gasteiger partial charge on any atom is -0.494 e. The molecule has 1 N–H and O–H groups in total. The zero-order valence-electron chi connectivity index (χ0n) is 13.8. The summed E-state index contributed by atoms with van der Waals surface area (Å²) in [5, 5.41) is 9.84. The van der Waals surface area contributed by atoms with Gasteiger partial charge in [0.2, 0.25) is 0 Å². The largest absolute Gasteiger partial charge is 0.494 e. The van der Waals surface area contributed by atoms with Crippen LogP contribution in [0.15, 0.2) is 24.3 Å². The van der Waals surface area contributed by atoms with Gasteiger partial charge >= 0.3 is 0 Å². The molecule has 21 heavy (non-hydrogen) atoms. The van der Waals surface area contributed by atoms with Crippen LogP contribution in [0.5, 0.6) is 11.5 Å². The molecular formula is C17H29NO3. The van der Waals surface area contributed by atoms with E-state index in [2.05, 4.69) is 18.7 Å². The summed E-state index contributed by atoms with van der Waals surface area (Å²) in [5.41, 5.74) is -0.672. The second-order valence-corrected chi connectivity index (χ2v) is 5.85. The molecule has 0 bridgehead atoms. The van der Waals surface area contributed by atoms with Gasteiger partial charge in [-0.05, 0) is 51.1 Å². The zero-order chi connectivity index (χ0) is 15.7. The lowest BCUT2D eigenvalue weighted by molar-refractivity contribution is 0.0340. The molecule has 0 spiro atoms. The van der Waals surface area contributed by atoms with Crippen molar-refractivity contribution >= 4 is 0 Å². The number of aliphatic hydroxyl groups is 1. The summed E-state index contributed by atoms with van der Waals surface area (Å²) in [4.78, 5) is 2.18. The SMILES string of the molecule is CCCOc1ccc(OCCN(CC)CC(C)(C)O)cc1. The Morgan fingerprint density at radius 3 is 1.95 bits per heavy atom. The third-order valence-electron chi connectivity index (χ3n) is 3.03. The molecule has 4 nitrogen and oxygen atoms in total. The summed E-state index contributed by atoms with van der Waals surface area (Å²) < 4.78 is 11.3. The van der Waals surface area contributed by atoms with Gasteiger partial charge in [-0.3, -0.25) is 4.90 Å². The molecule has 0 saturated heterocycles. The van der Waals surface area contributed by atoms with Crippen LogP contribution in [0.3, 0.4) is 0 Å². The number of hydrogen-bond donors (Lipinski definition) is 1. The summed E-state index contributed by atoms with van der Waals surface area (Å²) in [6, 6.07) is 7.72. The third kappa shape index (κ3) is 7.93. The van der Waals surface area contributed by atoms with Crippen molar-refractivity contribution in [3.8, 4) is 11.5 Å². The molecule has 0 amide bonds. The normalized spacial score (nSPS) is 11.7. The van der Waals surface area contributed by atoms with Crippen LogP contribution < -0.4 is 9.47 Å². The predicted octanol–water partition coefficient (Wildman–Crippen LogP) is 2.95. The van der Waals surface area contributed by atoms with Crippen LogP contribution in [0.2, 0.25) is 0 Å². The number of hydrogen-bond acceptors (Lipinski definition) is 4. The lowest BCUT2D eigenvalue weighted by Crippen LogP contribution is -2.40. The van der Waals surface area contributed by atoms with E-state index in [-0.39, 0.29) is 0 Å². The van der Waals surface area contributed by atoms with Crippen molar-refractivity contribution in [1.29, 1.82) is 0 Å². The van der Waals surface area contributed by atoms with Gasteiger partial charge in [0.1, 0.15) is 18.1 Å². The molecule has 120 valence electrons. The van der Waals surface area contributed by atoms with Crippen molar-refractivity contribution in [2.24, 2.45) is 0 Å². The van der Waals surface area contributed by atoms with Gasteiger partial charge in [0.15, 0.2) is 0 Å². The van der Waals surface area contributed by atoms with Crippen LogP contribution in [-0.4, -0.2) is 48.5 Å². The van der Waals surface area contributed by atoms with E-state index in [0.29, 0.717) is 13.2 Å². The van der Waals surface area contributed by atoms with Crippen molar-refractivity contribution in [3.05, 3.63) is 24.3 Å². The molecule has 1 aromatic rings. The maximum Gasteiger partial charge on any atom is 0.119 e. The number of benzene rings is 1. The Morgan fingerprint density at radius 2 is 1.52 bits per heavy atom. The first-order chi connectivity index (χ1) is 9.94. The Labute approximate surface area is 128 Å². The van der Waals surface area contributed by atoms with E-state index < -0.39 is 5.60 Å². The van der Waals surface area contributed by atoms with Crippen molar-refractivity contribution < 1.29 is 14.6 Å². The monoisotopic (exact) mass is 295 g/mol. The van der Waals surface area contributed by atoms with E-state index in [0.717, 1.165) is 37.6 Å². The fourth-order valence-corrected chi connectivity index (χ4v) is 2.04. The van der Waals surface area contributed by atoms with Crippen molar-refractivity contribution in [2.45, 2.75) is 39.7 Å². The predicted molar refractivity (Wildman–Crippen MR) is 86.1 cm³/mol. The lowest BCUT2D eigenvalue weighted by Gasteiger charge is -2.27. The van der Waals surface area contributed by atoms with Gasteiger partial charge in [0, 0.05) is 13.1 Å². The highest BCUT2D eigenvalue weighted by molar-refractivity contribution is 5.31. The number of rotatable bonds is 10. The maximum absolute atomic E-state index is 9.84. The number of likely N-dealkylation sites (N-methyl/N-ethyl adjacent to an activating group) is 1. The molecule has 1 rings (SSSR count). The third-order valence-corrected chi connectivity index (χ3v) is 3.03. The highest BCUT2D eigenvalue weighted by atomic mass is 16.5. The number of nitrogens with zero attached hydrogens (tertiary/aromatic N) is 1. The first kappa shape index (κ1) is 17.8. The second-order valence-electron chi connectivity index (χ2n) is 5.85. The first-order valence-electron chi connectivity index (χ1n) is 7.75. The van der Waals surface area contributed by atoms with Crippen LogP contribution in [0.1, 0.15) is 34.1 Å². The summed E-state index contributed by atoms with van der Waals surface area (Å²) >= 11 is 0. The smallest absolute Gasteiger partial charge is 0.119 e. The van der Waals surface area contributed by atoms with E-state index in [1.165, 1.54) is 0 Å². The number of ether oxygens (including phenoxy) is 2. The summed E-state index contributed by atoms with van der Waals surface area (Å²) in [5.74, 6) is 1.72. The van der Waals surface area contributed by atoms with Crippen molar-refractivity contribution in [2.75, 3.05) is 32.8 Å². The minimum atomic E-state index is -0.672. The minimum absolute atomic E-state index is 0.610. The fraction of sp³-hybridized carbons (Fsp3) is 0.647. The molecule has 1 aromatic carbocycles. The van der Waals surface area contributed by atoms with Crippen LogP contribution in [0, 0.1) is 0 Å². The molecular weight excluding hydrogens is 266 g/mol. The molecule has 0 radical (unpaired) electrons. The molecule has 0 aliphatic heterocycles. The van der Waals surface area contributed by atoms with Crippen LogP contribution >= 0.6 is 0 Å². The van der Waals surface area contributed by atoms with E-state index in [1.54, 1.807) is 0 Å². The van der Waals surface area contributed by atoms with Gasteiger partial charge in [0.05, 0.1) is 12.2 Å². The maximum atomic E-state index is 9.84. The highest BCUT2D eigenvalue weighted by Crippen LogP contribution is 2.17. The highest BCUT2D eigenvalue weighted by Gasteiger charge is 2.16. The van der Waals surface area contributed by atoms with Gasteiger partial charge in [-0.25, -0.2) is 0 Å². The Morgan fingerprint density at radius 1 is 1.00 bits per heavy atom. The van der Waals surface area contributed by atoms with Gasteiger partial charge in [0.25, 0.3) is 0 Å². The standard InChI is InChI=1S/C17H29NO3/c1-5-12-20-15-7-9-16(10-8-15)21-13-11-18(6-2)14-17(3,4)19/h7-10,19H,5-6,11-14H2,1-4H3. The summed E-state index contributed by atoms with van der Waals surface area (Å²) in [7, 11) is 0. The molecule has 4 heteroatoms. The van der Waals surface area contributed by atoms with E-state index in [4.69, 9.17) is 9.47 Å². The summed E-state index contributed by atoms with van der Waals surface area (Å²) in [6.07, 6.45) is 1.01. The zero-order valence-corrected chi connectivity index (χ0v) is 13.8. The fourth-order valence-electron chi connectivity index (χ4n) is 2.04.